The molecule has 0 N–H and O–H groups in total. The second-order valence-electron chi connectivity index (χ2n) is 5.24. The second-order valence-corrected chi connectivity index (χ2v) is 5.24. The molecule has 2 rings (SSSR count). The van der Waals surface area contributed by atoms with Crippen molar-refractivity contribution in [1.29, 1.82) is 0 Å². The van der Waals surface area contributed by atoms with Crippen LogP contribution < -0.4 is 0 Å². The molecular weight excluding hydrogens is 238 g/mol. The maximum atomic E-state index is 13.0. The van der Waals surface area contributed by atoms with Crippen LogP contribution in [0.5, 0.6) is 0 Å². The van der Waals surface area contributed by atoms with E-state index in [4.69, 9.17) is 0 Å². The molecule has 1 saturated carbocycles. The standard InChI is InChI=1S/C13H20F2N2O/c1-13(14,15)12-16-11(17-18-12)10-8-6-4-2-3-5-7-9-10/h10H,2-9H2,1H3. The van der Waals surface area contributed by atoms with Gasteiger partial charge in [0.2, 0.25) is 0 Å². The zero-order chi connectivity index (χ0) is 13.0. The molecule has 1 aliphatic rings. The molecule has 0 saturated heterocycles. The van der Waals surface area contributed by atoms with Crippen molar-refractivity contribution in [3.63, 3.8) is 0 Å². The number of rotatable bonds is 2. The average molecular weight is 258 g/mol. The molecule has 18 heavy (non-hydrogen) atoms. The van der Waals surface area contributed by atoms with Gasteiger partial charge in [0.15, 0.2) is 5.82 Å². The molecule has 1 aromatic rings. The zero-order valence-corrected chi connectivity index (χ0v) is 10.8. The fourth-order valence-electron chi connectivity index (χ4n) is 2.47. The van der Waals surface area contributed by atoms with Crippen molar-refractivity contribution in [1.82, 2.24) is 10.1 Å². The fraction of sp³-hybridized carbons (Fsp3) is 0.846. The Kier molecular flexibility index (Phi) is 4.30. The largest absolute Gasteiger partial charge is 0.333 e. The molecule has 0 atom stereocenters. The predicted molar refractivity (Wildman–Crippen MR) is 63.5 cm³/mol. The van der Waals surface area contributed by atoms with E-state index >= 15 is 0 Å². The highest BCUT2D eigenvalue weighted by Crippen LogP contribution is 2.31. The third-order valence-electron chi connectivity index (χ3n) is 3.54. The quantitative estimate of drug-likeness (QED) is 0.789. The van der Waals surface area contributed by atoms with Crippen molar-refractivity contribution in [2.45, 2.75) is 70.1 Å². The van der Waals surface area contributed by atoms with Crippen molar-refractivity contribution in [3.8, 4) is 0 Å². The summed E-state index contributed by atoms with van der Waals surface area (Å²) in [5, 5.41) is 3.74. The number of hydrogen-bond acceptors (Lipinski definition) is 3. The van der Waals surface area contributed by atoms with Crippen molar-refractivity contribution < 1.29 is 13.3 Å². The molecule has 0 unspecified atom stereocenters. The van der Waals surface area contributed by atoms with E-state index in [9.17, 15) is 8.78 Å². The SMILES string of the molecule is CC(F)(F)c1nc(C2CCCCCCCC2)no1. The molecular formula is C13H20F2N2O. The summed E-state index contributed by atoms with van der Waals surface area (Å²) in [6, 6.07) is 0. The molecule has 0 aliphatic heterocycles. The summed E-state index contributed by atoms with van der Waals surface area (Å²) in [4.78, 5) is 3.88. The van der Waals surface area contributed by atoms with Crippen LogP contribution in [0.2, 0.25) is 0 Å². The minimum atomic E-state index is -3.04. The normalized spacial score (nSPS) is 20.2. The molecule has 1 heterocycles. The van der Waals surface area contributed by atoms with Crippen molar-refractivity contribution in [2.24, 2.45) is 0 Å². The summed E-state index contributed by atoms with van der Waals surface area (Å²) >= 11 is 0. The number of hydrogen-bond donors (Lipinski definition) is 0. The highest BCUT2D eigenvalue weighted by Gasteiger charge is 2.33. The lowest BCUT2D eigenvalue weighted by atomic mass is 9.96. The van der Waals surface area contributed by atoms with Crippen LogP contribution >= 0.6 is 0 Å². The van der Waals surface area contributed by atoms with E-state index in [0.717, 1.165) is 32.6 Å². The number of nitrogens with zero attached hydrogens (tertiary/aromatic N) is 2. The van der Waals surface area contributed by atoms with E-state index in [0.29, 0.717) is 5.82 Å². The lowest BCUT2D eigenvalue weighted by molar-refractivity contribution is -0.0158. The van der Waals surface area contributed by atoms with Crippen molar-refractivity contribution in [2.75, 3.05) is 0 Å². The van der Waals surface area contributed by atoms with E-state index in [2.05, 4.69) is 14.7 Å². The van der Waals surface area contributed by atoms with Gasteiger partial charge in [-0.1, -0.05) is 43.7 Å². The summed E-state index contributed by atoms with van der Waals surface area (Å²) in [5.41, 5.74) is 0. The summed E-state index contributed by atoms with van der Waals surface area (Å²) in [6.45, 7) is 0.785. The Hall–Kier alpha value is -1.00. The van der Waals surface area contributed by atoms with Crippen molar-refractivity contribution >= 4 is 0 Å². The molecule has 102 valence electrons. The first kappa shape index (κ1) is 13.4. The number of halogens is 2. The molecule has 0 aromatic carbocycles. The van der Waals surface area contributed by atoms with E-state index in [-0.39, 0.29) is 5.92 Å². The van der Waals surface area contributed by atoms with E-state index < -0.39 is 11.8 Å². The Morgan fingerprint density at radius 1 is 1.06 bits per heavy atom. The van der Waals surface area contributed by atoms with E-state index in [1.807, 2.05) is 0 Å². The van der Waals surface area contributed by atoms with Gasteiger partial charge in [0, 0.05) is 12.8 Å². The second kappa shape index (κ2) is 5.76. The van der Waals surface area contributed by atoms with Gasteiger partial charge in [-0.05, 0) is 12.8 Å². The Morgan fingerprint density at radius 3 is 2.11 bits per heavy atom. The monoisotopic (exact) mass is 258 g/mol. The zero-order valence-electron chi connectivity index (χ0n) is 10.8. The van der Waals surface area contributed by atoms with Gasteiger partial charge in [0.25, 0.3) is 5.89 Å². The molecule has 0 spiro atoms. The van der Waals surface area contributed by atoms with Gasteiger partial charge < -0.3 is 4.52 Å². The van der Waals surface area contributed by atoms with E-state index in [1.165, 1.54) is 25.7 Å². The van der Waals surface area contributed by atoms with Crippen LogP contribution in [0, 0.1) is 0 Å². The summed E-state index contributed by atoms with van der Waals surface area (Å²) in [7, 11) is 0. The van der Waals surface area contributed by atoms with Crippen LogP contribution in [-0.4, -0.2) is 10.1 Å². The van der Waals surface area contributed by atoms with Gasteiger partial charge in [-0.15, -0.1) is 0 Å². The summed E-state index contributed by atoms with van der Waals surface area (Å²) < 4.78 is 30.8. The molecule has 1 aromatic heterocycles. The molecule has 0 bridgehead atoms. The summed E-state index contributed by atoms with van der Waals surface area (Å²) in [6.07, 6.45) is 9.18. The Balaban J connectivity index is 2.06. The molecule has 0 radical (unpaired) electrons. The first-order valence-corrected chi connectivity index (χ1v) is 6.79. The van der Waals surface area contributed by atoms with Crippen LogP contribution in [0.1, 0.15) is 75.9 Å². The topological polar surface area (TPSA) is 38.9 Å². The lowest BCUT2D eigenvalue weighted by Gasteiger charge is -2.10. The third-order valence-corrected chi connectivity index (χ3v) is 3.54. The van der Waals surface area contributed by atoms with Gasteiger partial charge in [-0.25, -0.2) is 0 Å². The first-order chi connectivity index (χ1) is 8.57. The maximum Gasteiger partial charge on any atom is 0.322 e. The minimum absolute atomic E-state index is 0.183. The number of aromatic nitrogens is 2. The smallest absolute Gasteiger partial charge is 0.322 e. The first-order valence-electron chi connectivity index (χ1n) is 6.79. The highest BCUT2D eigenvalue weighted by molar-refractivity contribution is 4.98. The Bertz CT molecular complexity index is 363. The van der Waals surface area contributed by atoms with E-state index in [1.54, 1.807) is 0 Å². The van der Waals surface area contributed by atoms with Crippen LogP contribution in [0.15, 0.2) is 4.52 Å². The molecule has 3 nitrogen and oxygen atoms in total. The van der Waals surface area contributed by atoms with Crippen LogP contribution in [-0.2, 0) is 5.92 Å². The Labute approximate surface area is 106 Å². The lowest BCUT2D eigenvalue weighted by Crippen LogP contribution is -2.08. The Morgan fingerprint density at radius 2 is 1.61 bits per heavy atom. The molecule has 1 aliphatic carbocycles. The van der Waals surface area contributed by atoms with Crippen molar-refractivity contribution in [3.05, 3.63) is 11.7 Å². The van der Waals surface area contributed by atoms with Gasteiger partial charge >= 0.3 is 5.92 Å². The van der Waals surface area contributed by atoms with Gasteiger partial charge in [0.1, 0.15) is 0 Å². The molecule has 5 heteroatoms. The average Bonchev–Trinajstić information content (AvgIpc) is 2.82. The maximum absolute atomic E-state index is 13.0. The van der Waals surface area contributed by atoms with Gasteiger partial charge in [-0.2, -0.15) is 13.8 Å². The summed E-state index contributed by atoms with van der Waals surface area (Å²) in [5.74, 6) is -2.95. The predicted octanol–water partition coefficient (Wildman–Crippen LogP) is 4.40. The molecule has 0 amide bonds. The number of alkyl halides is 2. The van der Waals surface area contributed by atoms with Gasteiger partial charge in [0.05, 0.1) is 0 Å². The minimum Gasteiger partial charge on any atom is -0.333 e. The van der Waals surface area contributed by atoms with Crippen LogP contribution in [0.3, 0.4) is 0 Å². The van der Waals surface area contributed by atoms with Crippen LogP contribution in [0.25, 0.3) is 0 Å². The fourth-order valence-corrected chi connectivity index (χ4v) is 2.47. The van der Waals surface area contributed by atoms with Gasteiger partial charge in [-0.3, -0.25) is 0 Å². The highest BCUT2D eigenvalue weighted by atomic mass is 19.3. The third kappa shape index (κ3) is 3.50. The van der Waals surface area contributed by atoms with Crippen LogP contribution in [0.4, 0.5) is 8.78 Å². The molecule has 1 fully saturated rings.